The van der Waals surface area contributed by atoms with Crippen LogP contribution in [0.4, 0.5) is 0 Å². The van der Waals surface area contributed by atoms with Gasteiger partial charge in [0.1, 0.15) is 5.69 Å². The average molecular weight is 346 g/mol. The number of nitrogens with one attached hydrogen (secondary N) is 1. The number of hydroxylamine groups is 1. The van der Waals surface area contributed by atoms with Gasteiger partial charge < -0.3 is 0 Å². The maximum absolute atomic E-state index is 11.4. The normalized spacial score (nSPS) is 10.8. The molecule has 2 aromatic heterocycles. The first-order valence-corrected chi connectivity index (χ1v) is 7.90. The molecule has 0 saturated heterocycles. The fraction of sp³-hybridized carbons (Fsp3) is 0.0556. The van der Waals surface area contributed by atoms with Crippen LogP contribution in [0.2, 0.25) is 0 Å². The Morgan fingerprint density at radius 2 is 1.85 bits per heavy atom. The third-order valence-electron chi connectivity index (χ3n) is 4.01. The monoisotopic (exact) mass is 346 g/mol. The highest BCUT2D eigenvalue weighted by Gasteiger charge is 2.12. The molecular weight excluding hydrogens is 332 g/mol. The van der Waals surface area contributed by atoms with Crippen LogP contribution in [-0.4, -0.2) is 36.3 Å². The van der Waals surface area contributed by atoms with Crippen molar-refractivity contribution in [2.45, 2.75) is 6.54 Å². The van der Waals surface area contributed by atoms with E-state index in [0.717, 1.165) is 16.5 Å². The van der Waals surface area contributed by atoms with Gasteiger partial charge in [0.05, 0.1) is 12.1 Å². The van der Waals surface area contributed by atoms with Gasteiger partial charge >= 0.3 is 0 Å². The highest BCUT2D eigenvalue weighted by molar-refractivity contribution is 5.93. The first-order chi connectivity index (χ1) is 12.7. The second kappa shape index (κ2) is 6.69. The molecule has 0 aliphatic rings. The van der Waals surface area contributed by atoms with E-state index < -0.39 is 5.91 Å². The Labute approximate surface area is 148 Å². The number of benzene rings is 2. The highest BCUT2D eigenvalue weighted by Crippen LogP contribution is 2.19. The molecule has 0 unspecified atom stereocenters. The van der Waals surface area contributed by atoms with Gasteiger partial charge in [0.25, 0.3) is 5.91 Å². The Morgan fingerprint density at radius 3 is 2.65 bits per heavy atom. The molecule has 0 bridgehead atoms. The van der Waals surface area contributed by atoms with E-state index in [2.05, 4.69) is 20.5 Å². The second-order valence-corrected chi connectivity index (χ2v) is 5.69. The maximum atomic E-state index is 11.4. The van der Waals surface area contributed by atoms with E-state index in [1.54, 1.807) is 34.4 Å². The zero-order valence-corrected chi connectivity index (χ0v) is 13.6. The standard InChI is InChI=1S/C18H14N6O2/c25-18(21-26)14-7-5-12(6-8-14)11-24-17(20-22-23-24)16-10-9-13-3-1-2-4-15(13)19-16/h1-10,26H,11H2,(H,21,25). The van der Waals surface area contributed by atoms with E-state index in [1.165, 1.54) is 0 Å². The number of tetrazole rings is 1. The van der Waals surface area contributed by atoms with Crippen molar-refractivity contribution in [3.8, 4) is 11.5 Å². The number of nitrogens with zero attached hydrogens (tertiary/aromatic N) is 5. The summed E-state index contributed by atoms with van der Waals surface area (Å²) in [5.41, 5.74) is 4.44. The van der Waals surface area contributed by atoms with E-state index >= 15 is 0 Å². The predicted molar refractivity (Wildman–Crippen MR) is 93.4 cm³/mol. The molecule has 4 rings (SSSR count). The lowest BCUT2D eigenvalue weighted by Crippen LogP contribution is -2.18. The number of rotatable bonds is 4. The summed E-state index contributed by atoms with van der Waals surface area (Å²) in [6.07, 6.45) is 0. The van der Waals surface area contributed by atoms with Gasteiger partial charge in [0, 0.05) is 10.9 Å². The SMILES string of the molecule is O=C(NO)c1ccc(Cn2nnnc2-c2ccc3ccccc3n2)cc1. The van der Waals surface area contributed by atoms with Crippen molar-refractivity contribution in [2.75, 3.05) is 0 Å². The zero-order valence-electron chi connectivity index (χ0n) is 13.6. The lowest BCUT2D eigenvalue weighted by atomic mass is 10.1. The molecule has 128 valence electrons. The molecule has 0 saturated carbocycles. The molecule has 0 atom stereocenters. The lowest BCUT2D eigenvalue weighted by Gasteiger charge is -2.06. The number of amides is 1. The Morgan fingerprint density at radius 1 is 1.04 bits per heavy atom. The molecule has 1 amide bonds. The van der Waals surface area contributed by atoms with Gasteiger partial charge in [0.15, 0.2) is 0 Å². The summed E-state index contributed by atoms with van der Waals surface area (Å²) in [6, 6.07) is 18.5. The van der Waals surface area contributed by atoms with Crippen LogP contribution in [-0.2, 0) is 6.54 Å². The zero-order chi connectivity index (χ0) is 17.9. The Hall–Kier alpha value is -3.65. The summed E-state index contributed by atoms with van der Waals surface area (Å²) in [6.45, 7) is 0.428. The number of para-hydroxylation sites is 1. The third-order valence-corrected chi connectivity index (χ3v) is 4.01. The molecule has 2 N–H and O–H groups in total. The average Bonchev–Trinajstić information content (AvgIpc) is 3.15. The summed E-state index contributed by atoms with van der Waals surface area (Å²) in [5.74, 6) is 0.00737. The van der Waals surface area contributed by atoms with Crippen LogP contribution < -0.4 is 5.48 Å². The highest BCUT2D eigenvalue weighted by atomic mass is 16.5. The van der Waals surface area contributed by atoms with E-state index in [9.17, 15) is 4.79 Å². The molecule has 0 fully saturated rings. The quantitative estimate of drug-likeness (QED) is 0.433. The summed E-state index contributed by atoms with van der Waals surface area (Å²) < 4.78 is 1.65. The maximum Gasteiger partial charge on any atom is 0.274 e. The minimum absolute atomic E-state index is 0.365. The van der Waals surface area contributed by atoms with E-state index in [-0.39, 0.29) is 0 Å². The topological polar surface area (TPSA) is 106 Å². The predicted octanol–water partition coefficient (Wildman–Crippen LogP) is 2.06. The van der Waals surface area contributed by atoms with Gasteiger partial charge in [-0.2, -0.15) is 0 Å². The van der Waals surface area contributed by atoms with Crippen LogP contribution in [0.15, 0.2) is 60.7 Å². The van der Waals surface area contributed by atoms with Gasteiger partial charge in [-0.1, -0.05) is 36.4 Å². The van der Waals surface area contributed by atoms with E-state index in [1.807, 2.05) is 36.4 Å². The van der Waals surface area contributed by atoms with Crippen molar-refractivity contribution >= 4 is 16.8 Å². The van der Waals surface area contributed by atoms with E-state index in [4.69, 9.17) is 5.21 Å². The fourth-order valence-electron chi connectivity index (χ4n) is 2.68. The van der Waals surface area contributed by atoms with Crippen LogP contribution in [0.3, 0.4) is 0 Å². The first-order valence-electron chi connectivity index (χ1n) is 7.90. The number of hydrogen-bond donors (Lipinski definition) is 2. The number of aromatic nitrogens is 5. The Balaban J connectivity index is 1.63. The molecule has 2 heterocycles. The van der Waals surface area contributed by atoms with Crippen molar-refractivity contribution in [1.82, 2.24) is 30.7 Å². The van der Waals surface area contributed by atoms with Crippen LogP contribution in [0.25, 0.3) is 22.4 Å². The van der Waals surface area contributed by atoms with Crippen LogP contribution >= 0.6 is 0 Å². The van der Waals surface area contributed by atoms with Crippen LogP contribution in [0, 0.1) is 0 Å². The molecule has 2 aromatic carbocycles. The minimum Gasteiger partial charge on any atom is -0.288 e. The van der Waals surface area contributed by atoms with Crippen molar-refractivity contribution in [1.29, 1.82) is 0 Å². The van der Waals surface area contributed by atoms with Gasteiger partial charge in [-0.05, 0) is 40.3 Å². The largest absolute Gasteiger partial charge is 0.288 e. The minimum atomic E-state index is -0.556. The Kier molecular flexibility index (Phi) is 4.08. The van der Waals surface area contributed by atoms with Crippen LogP contribution in [0.1, 0.15) is 15.9 Å². The number of pyridine rings is 1. The molecule has 4 aromatic rings. The fourth-order valence-corrected chi connectivity index (χ4v) is 2.68. The molecule has 26 heavy (non-hydrogen) atoms. The summed E-state index contributed by atoms with van der Waals surface area (Å²) in [5, 5.41) is 21.6. The third kappa shape index (κ3) is 3.01. The molecule has 0 aliphatic heterocycles. The summed E-state index contributed by atoms with van der Waals surface area (Å²) in [4.78, 5) is 16.0. The van der Waals surface area contributed by atoms with Gasteiger partial charge in [-0.15, -0.1) is 5.10 Å². The van der Waals surface area contributed by atoms with Gasteiger partial charge in [-0.3, -0.25) is 10.0 Å². The summed E-state index contributed by atoms with van der Waals surface area (Å²) >= 11 is 0. The number of hydrogen-bond acceptors (Lipinski definition) is 6. The number of carbonyl (C=O) groups is 1. The van der Waals surface area contributed by atoms with Crippen molar-refractivity contribution in [3.63, 3.8) is 0 Å². The molecule has 0 aliphatic carbocycles. The van der Waals surface area contributed by atoms with Crippen molar-refractivity contribution in [3.05, 3.63) is 71.8 Å². The second-order valence-electron chi connectivity index (χ2n) is 5.69. The van der Waals surface area contributed by atoms with Crippen molar-refractivity contribution < 1.29 is 10.0 Å². The van der Waals surface area contributed by atoms with Crippen molar-refractivity contribution in [2.24, 2.45) is 0 Å². The smallest absolute Gasteiger partial charge is 0.274 e. The van der Waals surface area contributed by atoms with Gasteiger partial charge in [0.2, 0.25) is 5.82 Å². The Bertz CT molecular complexity index is 1070. The lowest BCUT2D eigenvalue weighted by molar-refractivity contribution is 0.0706. The number of fused-ring (bicyclic) bond motifs is 1. The molecular formula is C18H14N6O2. The van der Waals surface area contributed by atoms with Crippen LogP contribution in [0.5, 0.6) is 0 Å². The molecule has 8 nitrogen and oxygen atoms in total. The van der Waals surface area contributed by atoms with E-state index in [0.29, 0.717) is 23.6 Å². The van der Waals surface area contributed by atoms with Gasteiger partial charge in [-0.25, -0.2) is 15.1 Å². The number of carbonyl (C=O) groups excluding carboxylic acids is 1. The first kappa shape index (κ1) is 15.9. The molecule has 0 spiro atoms. The summed E-state index contributed by atoms with van der Waals surface area (Å²) in [7, 11) is 0. The molecule has 8 heteroatoms. The molecule has 0 radical (unpaired) electrons.